The molecule has 1 aromatic carbocycles. The van der Waals surface area contributed by atoms with E-state index >= 15 is 0 Å². The van der Waals surface area contributed by atoms with Gasteiger partial charge in [-0.2, -0.15) is 0 Å². The van der Waals surface area contributed by atoms with Crippen LogP contribution in [0.3, 0.4) is 0 Å². The number of rotatable bonds is 5. The Bertz CT molecular complexity index is 1100. The lowest BCUT2D eigenvalue weighted by molar-refractivity contribution is -0.134. The Hall–Kier alpha value is -2.97. The highest BCUT2D eigenvalue weighted by atomic mass is 16.5. The normalized spacial score (nSPS) is 20.6. The van der Waals surface area contributed by atoms with E-state index in [9.17, 15) is 9.59 Å². The number of fused-ring (bicyclic) bond motifs is 3. The molecule has 5 rings (SSSR count). The molecule has 3 aromatic rings. The molecule has 2 fully saturated rings. The molecule has 4 heterocycles. The summed E-state index contributed by atoms with van der Waals surface area (Å²) in [6.07, 6.45) is 2.43. The van der Waals surface area contributed by atoms with Gasteiger partial charge in [-0.25, -0.2) is 4.98 Å². The summed E-state index contributed by atoms with van der Waals surface area (Å²) in [6.45, 7) is 4.79. The van der Waals surface area contributed by atoms with Crippen LogP contribution in [0.1, 0.15) is 24.3 Å². The number of nitrogens with one attached hydrogen (secondary N) is 1. The number of carbonyl (C=O) groups is 2. The van der Waals surface area contributed by atoms with Crippen molar-refractivity contribution in [1.82, 2.24) is 15.2 Å². The van der Waals surface area contributed by atoms with Crippen LogP contribution >= 0.6 is 0 Å². The number of carbonyl (C=O) groups excluding carboxylic acids is 2. The van der Waals surface area contributed by atoms with Crippen molar-refractivity contribution in [3.63, 3.8) is 0 Å². The van der Waals surface area contributed by atoms with E-state index in [1.807, 2.05) is 24.3 Å². The van der Waals surface area contributed by atoms with Gasteiger partial charge in [0, 0.05) is 48.5 Å². The SMILES string of the molecule is O=C1CCC(c2coc3ccc4nc(OCCN5CCOCC5)ccc4c23)C(=O)N1. The van der Waals surface area contributed by atoms with Crippen molar-refractivity contribution < 1.29 is 23.5 Å². The minimum absolute atomic E-state index is 0.227. The summed E-state index contributed by atoms with van der Waals surface area (Å²) in [5.41, 5.74) is 2.27. The second-order valence-corrected chi connectivity index (χ2v) is 7.65. The highest BCUT2D eigenvalue weighted by Gasteiger charge is 2.31. The third kappa shape index (κ3) is 3.64. The number of nitrogens with zero attached hydrogens (tertiary/aromatic N) is 2. The quantitative estimate of drug-likeness (QED) is 0.646. The average Bonchev–Trinajstić information content (AvgIpc) is 3.19. The first-order valence-corrected chi connectivity index (χ1v) is 10.3. The van der Waals surface area contributed by atoms with E-state index in [1.165, 1.54) is 0 Å². The lowest BCUT2D eigenvalue weighted by Gasteiger charge is -2.26. The van der Waals surface area contributed by atoms with Crippen LogP contribution in [-0.2, 0) is 14.3 Å². The maximum atomic E-state index is 12.4. The number of morpholine rings is 1. The van der Waals surface area contributed by atoms with Gasteiger partial charge in [0.25, 0.3) is 0 Å². The van der Waals surface area contributed by atoms with E-state index in [4.69, 9.17) is 13.9 Å². The molecule has 2 aliphatic heterocycles. The first-order chi connectivity index (χ1) is 14.7. The predicted octanol–water partition coefficient (Wildman–Crippen LogP) is 2.21. The molecule has 0 aliphatic carbocycles. The van der Waals surface area contributed by atoms with Gasteiger partial charge in [-0.1, -0.05) is 0 Å². The number of piperidine rings is 1. The lowest BCUT2D eigenvalue weighted by Crippen LogP contribution is -2.39. The van der Waals surface area contributed by atoms with Crippen LogP contribution in [0, 0.1) is 0 Å². The number of ether oxygens (including phenoxy) is 2. The maximum absolute atomic E-state index is 12.4. The number of pyridine rings is 1. The van der Waals surface area contributed by atoms with E-state index in [2.05, 4.69) is 15.2 Å². The van der Waals surface area contributed by atoms with Crippen LogP contribution in [-0.4, -0.2) is 61.2 Å². The molecule has 8 heteroatoms. The molecule has 2 aliphatic rings. The number of amides is 2. The molecule has 2 aromatic heterocycles. The predicted molar refractivity (Wildman–Crippen MR) is 109 cm³/mol. The first kappa shape index (κ1) is 19.0. The van der Waals surface area contributed by atoms with Crippen LogP contribution in [0.5, 0.6) is 5.88 Å². The molecule has 30 heavy (non-hydrogen) atoms. The van der Waals surface area contributed by atoms with Gasteiger partial charge in [0.1, 0.15) is 12.2 Å². The van der Waals surface area contributed by atoms with Crippen molar-refractivity contribution in [2.24, 2.45) is 0 Å². The molecule has 0 bridgehead atoms. The molecule has 156 valence electrons. The van der Waals surface area contributed by atoms with Crippen LogP contribution in [0.4, 0.5) is 0 Å². The Morgan fingerprint density at radius 2 is 2.03 bits per heavy atom. The van der Waals surface area contributed by atoms with Gasteiger partial charge in [0.15, 0.2) is 0 Å². The number of imide groups is 1. The van der Waals surface area contributed by atoms with Gasteiger partial charge in [-0.15, -0.1) is 0 Å². The van der Waals surface area contributed by atoms with Gasteiger partial charge in [-0.3, -0.25) is 19.8 Å². The second-order valence-electron chi connectivity index (χ2n) is 7.65. The van der Waals surface area contributed by atoms with Crippen molar-refractivity contribution in [3.05, 3.63) is 36.1 Å². The third-order valence-electron chi connectivity index (χ3n) is 5.78. The van der Waals surface area contributed by atoms with Crippen LogP contribution in [0.25, 0.3) is 21.9 Å². The van der Waals surface area contributed by atoms with Crippen LogP contribution in [0.2, 0.25) is 0 Å². The smallest absolute Gasteiger partial charge is 0.234 e. The summed E-state index contributed by atoms with van der Waals surface area (Å²) in [5, 5.41) is 4.20. The van der Waals surface area contributed by atoms with E-state index in [0.717, 1.165) is 54.7 Å². The molecule has 1 atom stereocenters. The number of benzene rings is 1. The van der Waals surface area contributed by atoms with Crippen molar-refractivity contribution in [1.29, 1.82) is 0 Å². The number of furan rings is 1. The Morgan fingerprint density at radius 3 is 2.87 bits per heavy atom. The van der Waals surface area contributed by atoms with Gasteiger partial charge in [0.05, 0.1) is 30.9 Å². The number of hydrogen-bond donors (Lipinski definition) is 1. The van der Waals surface area contributed by atoms with Crippen molar-refractivity contribution in [2.75, 3.05) is 39.5 Å². The topological polar surface area (TPSA) is 93.9 Å². The van der Waals surface area contributed by atoms with Gasteiger partial charge < -0.3 is 13.9 Å². The zero-order valence-corrected chi connectivity index (χ0v) is 16.6. The minimum atomic E-state index is -0.404. The van der Waals surface area contributed by atoms with Gasteiger partial charge in [0.2, 0.25) is 17.7 Å². The molecular formula is C22H23N3O5. The monoisotopic (exact) mass is 409 g/mol. The zero-order chi connectivity index (χ0) is 20.5. The third-order valence-corrected chi connectivity index (χ3v) is 5.78. The van der Waals surface area contributed by atoms with Gasteiger partial charge in [-0.05, 0) is 24.6 Å². The van der Waals surface area contributed by atoms with Gasteiger partial charge >= 0.3 is 0 Å². The van der Waals surface area contributed by atoms with Crippen molar-refractivity contribution in [3.8, 4) is 5.88 Å². The van der Waals surface area contributed by atoms with Crippen LogP contribution in [0.15, 0.2) is 34.9 Å². The Kier molecular flexibility index (Phi) is 5.10. The second kappa shape index (κ2) is 8.04. The highest BCUT2D eigenvalue weighted by molar-refractivity contribution is 6.09. The minimum Gasteiger partial charge on any atom is -0.476 e. The van der Waals surface area contributed by atoms with E-state index in [-0.39, 0.29) is 11.8 Å². The molecule has 0 spiro atoms. The van der Waals surface area contributed by atoms with Crippen LogP contribution < -0.4 is 10.1 Å². The Labute approximate surface area is 173 Å². The molecule has 2 saturated heterocycles. The lowest BCUT2D eigenvalue weighted by atomic mass is 9.89. The number of aromatic nitrogens is 1. The fourth-order valence-electron chi connectivity index (χ4n) is 4.18. The molecule has 8 nitrogen and oxygen atoms in total. The van der Waals surface area contributed by atoms with Crippen molar-refractivity contribution in [2.45, 2.75) is 18.8 Å². The average molecular weight is 409 g/mol. The van der Waals surface area contributed by atoms with Crippen molar-refractivity contribution >= 4 is 33.7 Å². The first-order valence-electron chi connectivity index (χ1n) is 10.3. The van der Waals surface area contributed by atoms with E-state index < -0.39 is 5.92 Å². The Morgan fingerprint density at radius 1 is 1.17 bits per heavy atom. The summed E-state index contributed by atoms with van der Waals surface area (Å²) in [5.74, 6) is -0.336. The molecule has 1 unspecified atom stereocenters. The summed E-state index contributed by atoms with van der Waals surface area (Å²) in [4.78, 5) is 30.8. The summed E-state index contributed by atoms with van der Waals surface area (Å²) in [6, 6.07) is 7.56. The zero-order valence-electron chi connectivity index (χ0n) is 16.6. The Balaban J connectivity index is 1.39. The molecule has 1 N–H and O–H groups in total. The van der Waals surface area contributed by atoms with E-state index in [0.29, 0.717) is 30.9 Å². The molecule has 2 amide bonds. The summed E-state index contributed by atoms with van der Waals surface area (Å²) in [7, 11) is 0. The summed E-state index contributed by atoms with van der Waals surface area (Å²) < 4.78 is 16.9. The summed E-state index contributed by atoms with van der Waals surface area (Å²) >= 11 is 0. The van der Waals surface area contributed by atoms with E-state index in [1.54, 1.807) is 6.26 Å². The number of hydrogen-bond acceptors (Lipinski definition) is 7. The molecule has 0 radical (unpaired) electrons. The molecule has 0 saturated carbocycles. The molecular weight excluding hydrogens is 386 g/mol. The fraction of sp³-hybridized carbons (Fsp3) is 0.409. The highest BCUT2D eigenvalue weighted by Crippen LogP contribution is 2.36. The standard InChI is InChI=1S/C22H23N3O5/c26-19-5-1-14(22(27)24-19)16-13-30-18-4-3-17-15(21(16)18)2-6-20(23-17)29-12-9-25-7-10-28-11-8-25/h2-4,6,13-14H,1,5,7-12H2,(H,24,26,27). The largest absolute Gasteiger partial charge is 0.476 e. The maximum Gasteiger partial charge on any atom is 0.234 e. The fourth-order valence-corrected chi connectivity index (χ4v) is 4.18.